The Bertz CT molecular complexity index is 1450. The highest BCUT2D eigenvalue weighted by Crippen LogP contribution is 2.49. The maximum atomic E-state index is 14.5. The molecule has 3 aliphatic rings. The number of sulfone groups is 1. The second-order valence-electron chi connectivity index (χ2n) is 10.8. The van der Waals surface area contributed by atoms with E-state index in [1.165, 1.54) is 12.1 Å². The summed E-state index contributed by atoms with van der Waals surface area (Å²) in [7, 11) is -3.15. The largest absolute Gasteiger partial charge is 0.463 e. The first kappa shape index (κ1) is 29.2. The molecule has 222 valence electrons. The van der Waals surface area contributed by atoms with Gasteiger partial charge in [0.15, 0.2) is 9.84 Å². The molecule has 41 heavy (non-hydrogen) atoms. The Labute approximate surface area is 231 Å². The summed E-state index contributed by atoms with van der Waals surface area (Å²) in [5.41, 5.74) is -0.708. The van der Waals surface area contributed by atoms with E-state index >= 15 is 0 Å². The average Bonchev–Trinajstić information content (AvgIpc) is 3.54. The topological polar surface area (TPSA) is 116 Å². The van der Waals surface area contributed by atoms with Gasteiger partial charge in [0.25, 0.3) is 5.89 Å². The fraction of sp³-hybridized carbons (Fsp3) is 0.577. The van der Waals surface area contributed by atoms with Crippen molar-refractivity contribution < 1.29 is 44.0 Å². The highest BCUT2D eigenvalue weighted by molar-refractivity contribution is 7.91. The molecule has 2 aromatic rings. The van der Waals surface area contributed by atoms with Crippen LogP contribution in [-0.2, 0) is 20.6 Å². The normalized spacial score (nSPS) is 25.8. The van der Waals surface area contributed by atoms with Crippen LogP contribution < -0.4 is 10.2 Å². The first-order chi connectivity index (χ1) is 19.1. The molecule has 2 heterocycles. The Kier molecular flexibility index (Phi) is 7.28. The molecular weight excluding hydrogens is 578 g/mol. The number of aromatic nitrogens is 1. The van der Waals surface area contributed by atoms with E-state index in [-0.39, 0.29) is 55.1 Å². The fourth-order valence-electron chi connectivity index (χ4n) is 5.29. The van der Waals surface area contributed by atoms with Gasteiger partial charge in [-0.15, -0.1) is 0 Å². The molecule has 1 aromatic heterocycles. The Morgan fingerprint density at radius 3 is 2.29 bits per heavy atom. The predicted molar refractivity (Wildman–Crippen MR) is 133 cm³/mol. The van der Waals surface area contributed by atoms with Gasteiger partial charge in [0.05, 0.1) is 23.5 Å². The van der Waals surface area contributed by atoms with E-state index in [4.69, 9.17) is 4.42 Å². The molecule has 3 unspecified atom stereocenters. The van der Waals surface area contributed by atoms with E-state index in [1.54, 1.807) is 17.0 Å². The number of hydrogen-bond donors (Lipinski definition) is 1. The van der Waals surface area contributed by atoms with Gasteiger partial charge in [-0.3, -0.25) is 4.79 Å². The Balaban J connectivity index is 1.52. The lowest BCUT2D eigenvalue weighted by Crippen LogP contribution is -2.44. The van der Waals surface area contributed by atoms with Crippen LogP contribution in [0.2, 0.25) is 0 Å². The molecule has 1 saturated heterocycles. The van der Waals surface area contributed by atoms with Crippen molar-refractivity contribution in [3.8, 4) is 17.3 Å². The number of oxazole rings is 1. The van der Waals surface area contributed by atoms with Gasteiger partial charge in [0.1, 0.15) is 23.2 Å². The third-order valence-electron chi connectivity index (χ3n) is 7.91. The zero-order valence-corrected chi connectivity index (χ0v) is 22.4. The third kappa shape index (κ3) is 5.75. The van der Waals surface area contributed by atoms with Gasteiger partial charge in [-0.1, -0.05) is 12.1 Å². The lowest BCUT2D eigenvalue weighted by atomic mass is 9.75. The Morgan fingerprint density at radius 2 is 1.73 bits per heavy atom. The van der Waals surface area contributed by atoms with Crippen LogP contribution in [0.4, 0.5) is 32.0 Å². The number of benzene rings is 1. The van der Waals surface area contributed by atoms with Crippen LogP contribution >= 0.6 is 0 Å². The predicted octanol–water partition coefficient (Wildman–Crippen LogP) is 4.62. The maximum Gasteiger partial charge on any atom is 0.463 e. The SMILES string of the molecule is N#CC1(NC(=O)C2CC(F)CCC2c2oc(C(F)(F)C(F)(F)F)nc2-c2ccc(N3CCS(=O)(=O)CC3)cc2)CC1. The number of carbonyl (C=O) groups is 1. The molecule has 0 spiro atoms. The third-order valence-corrected chi connectivity index (χ3v) is 9.52. The molecule has 2 saturated carbocycles. The van der Waals surface area contributed by atoms with Crippen LogP contribution in [0.25, 0.3) is 11.3 Å². The van der Waals surface area contributed by atoms with Crippen LogP contribution in [0.1, 0.15) is 49.7 Å². The molecule has 1 amide bonds. The molecule has 1 aromatic carbocycles. The van der Waals surface area contributed by atoms with Crippen LogP contribution in [-0.4, -0.2) is 61.8 Å². The lowest BCUT2D eigenvalue weighted by Gasteiger charge is -2.32. The summed E-state index contributed by atoms with van der Waals surface area (Å²) in [6.07, 6.45) is -7.16. The van der Waals surface area contributed by atoms with Crippen molar-refractivity contribution >= 4 is 21.4 Å². The minimum Gasteiger partial charge on any atom is -0.439 e. The van der Waals surface area contributed by atoms with Gasteiger partial charge in [-0.05, 0) is 44.2 Å². The fourth-order valence-corrected chi connectivity index (χ4v) is 6.49. The molecular formula is C26H26F6N4O4S. The van der Waals surface area contributed by atoms with Crippen molar-refractivity contribution in [2.75, 3.05) is 29.5 Å². The highest BCUT2D eigenvalue weighted by atomic mass is 32.2. The summed E-state index contributed by atoms with van der Waals surface area (Å²) in [5, 5.41) is 11.9. The van der Waals surface area contributed by atoms with Gasteiger partial charge in [-0.25, -0.2) is 17.8 Å². The lowest BCUT2D eigenvalue weighted by molar-refractivity contribution is -0.297. The molecule has 15 heteroatoms. The number of alkyl halides is 6. The number of amides is 1. The summed E-state index contributed by atoms with van der Waals surface area (Å²) in [5.74, 6) is -10.8. The average molecular weight is 605 g/mol. The molecule has 1 N–H and O–H groups in total. The van der Waals surface area contributed by atoms with Gasteiger partial charge < -0.3 is 14.6 Å². The van der Waals surface area contributed by atoms with Gasteiger partial charge in [-0.2, -0.15) is 27.2 Å². The molecule has 3 fully saturated rings. The minimum atomic E-state index is -6.01. The van der Waals surface area contributed by atoms with Crippen molar-refractivity contribution in [3.05, 3.63) is 35.9 Å². The van der Waals surface area contributed by atoms with Crippen molar-refractivity contribution in [1.82, 2.24) is 10.3 Å². The number of hydrogen-bond acceptors (Lipinski definition) is 7. The second-order valence-corrected chi connectivity index (χ2v) is 13.1. The number of carbonyl (C=O) groups excluding carboxylic acids is 1. The maximum absolute atomic E-state index is 14.5. The molecule has 2 aliphatic carbocycles. The van der Waals surface area contributed by atoms with Crippen molar-refractivity contribution in [1.29, 1.82) is 5.26 Å². The summed E-state index contributed by atoms with van der Waals surface area (Å²) >= 11 is 0. The Hall–Kier alpha value is -3.28. The number of nitrogens with zero attached hydrogens (tertiary/aromatic N) is 3. The van der Waals surface area contributed by atoms with Crippen LogP contribution in [0.3, 0.4) is 0 Å². The van der Waals surface area contributed by atoms with E-state index in [9.17, 15) is 44.8 Å². The summed E-state index contributed by atoms with van der Waals surface area (Å²) in [4.78, 5) is 18.5. The smallest absolute Gasteiger partial charge is 0.439 e. The summed E-state index contributed by atoms with van der Waals surface area (Å²) in [6, 6.07) is 7.95. The minimum absolute atomic E-state index is 0.0497. The first-order valence-corrected chi connectivity index (χ1v) is 14.9. The number of nitriles is 1. The summed E-state index contributed by atoms with van der Waals surface area (Å²) in [6.45, 7) is 0.457. The van der Waals surface area contributed by atoms with Crippen molar-refractivity contribution in [2.24, 2.45) is 5.92 Å². The standard InChI is InChI=1S/C26H26F6N4O4S/c27-16-3-6-18(19(13-16)22(37)35-24(14-33)7-8-24)21-20(34-23(40-21)25(28,29)26(30,31)32)15-1-4-17(5-2-15)36-9-11-41(38,39)12-10-36/h1-2,4-5,16,18-19H,3,6-13H2,(H,35,37). The van der Waals surface area contributed by atoms with E-state index < -0.39 is 63.0 Å². The van der Waals surface area contributed by atoms with Crippen LogP contribution in [0, 0.1) is 17.2 Å². The molecule has 5 rings (SSSR count). The quantitative estimate of drug-likeness (QED) is 0.479. The second kappa shape index (κ2) is 10.2. The van der Waals surface area contributed by atoms with Crippen molar-refractivity contribution in [3.63, 3.8) is 0 Å². The molecule has 0 radical (unpaired) electrons. The molecule has 3 atom stereocenters. The number of rotatable bonds is 6. The van der Waals surface area contributed by atoms with Crippen molar-refractivity contribution in [2.45, 2.75) is 61.8 Å². The monoisotopic (exact) mass is 604 g/mol. The molecule has 0 bridgehead atoms. The molecule has 8 nitrogen and oxygen atoms in total. The van der Waals surface area contributed by atoms with Gasteiger partial charge in [0.2, 0.25) is 5.91 Å². The molecule has 1 aliphatic heterocycles. The van der Waals surface area contributed by atoms with Crippen LogP contribution in [0.5, 0.6) is 0 Å². The van der Waals surface area contributed by atoms with E-state index in [1.807, 2.05) is 6.07 Å². The zero-order chi connectivity index (χ0) is 29.8. The first-order valence-electron chi connectivity index (χ1n) is 13.0. The van der Waals surface area contributed by atoms with Gasteiger partial charge >= 0.3 is 12.1 Å². The van der Waals surface area contributed by atoms with E-state index in [0.29, 0.717) is 18.5 Å². The van der Waals surface area contributed by atoms with E-state index in [2.05, 4.69) is 10.3 Å². The highest BCUT2D eigenvalue weighted by Gasteiger charge is 2.63. The van der Waals surface area contributed by atoms with Crippen LogP contribution in [0.15, 0.2) is 28.7 Å². The van der Waals surface area contributed by atoms with Gasteiger partial charge in [0, 0.05) is 30.3 Å². The Morgan fingerprint density at radius 1 is 1.10 bits per heavy atom. The number of halogens is 6. The summed E-state index contributed by atoms with van der Waals surface area (Å²) < 4.78 is 112. The van der Waals surface area contributed by atoms with E-state index in [0.717, 1.165) is 0 Å². The number of nitrogens with one attached hydrogen (secondary N) is 1. The number of anilines is 1. The zero-order valence-electron chi connectivity index (χ0n) is 21.6.